The molecule has 0 saturated carbocycles. The summed E-state index contributed by atoms with van der Waals surface area (Å²) in [6, 6.07) is 73.4. The van der Waals surface area contributed by atoms with Gasteiger partial charge >= 0.3 is 0 Å². The Morgan fingerprint density at radius 2 is 0.595 bits per heavy atom. The van der Waals surface area contributed by atoms with Gasteiger partial charge < -0.3 is 9.80 Å². The fraction of sp³-hybridized carbons (Fsp3) is 0. The zero-order valence-corrected chi connectivity index (χ0v) is 39.2. The molecule has 0 aliphatic carbocycles. The summed E-state index contributed by atoms with van der Waals surface area (Å²) in [6.45, 7) is 0. The summed E-state index contributed by atoms with van der Waals surface area (Å²) in [6.07, 6.45) is 0. The minimum Gasteiger partial charge on any atom is -0.310 e. The van der Waals surface area contributed by atoms with E-state index in [0.717, 1.165) is 55.1 Å². The lowest BCUT2D eigenvalue weighted by atomic mass is 9.91. The van der Waals surface area contributed by atoms with Gasteiger partial charge in [0.15, 0.2) is 0 Å². The summed E-state index contributed by atoms with van der Waals surface area (Å²) in [5.41, 5.74) is 11.0. The first kappa shape index (κ1) is 45.1. The molecular formula is C66H38F4N4. The molecule has 0 spiro atoms. The van der Waals surface area contributed by atoms with Crippen LogP contribution < -0.4 is 9.80 Å². The summed E-state index contributed by atoms with van der Waals surface area (Å²) < 4.78 is 59.8. The lowest BCUT2D eigenvalue weighted by molar-refractivity contribution is 0.628. The van der Waals surface area contributed by atoms with Crippen molar-refractivity contribution in [3.8, 4) is 56.6 Å². The van der Waals surface area contributed by atoms with Crippen LogP contribution in [0.5, 0.6) is 0 Å². The smallest absolute Gasteiger partial charge is 0.123 e. The van der Waals surface area contributed by atoms with Crippen molar-refractivity contribution >= 4 is 66.4 Å². The van der Waals surface area contributed by atoms with Crippen LogP contribution in [-0.2, 0) is 0 Å². The van der Waals surface area contributed by atoms with Crippen molar-refractivity contribution in [2.45, 2.75) is 0 Å². The minimum atomic E-state index is -0.389. The quantitative estimate of drug-likeness (QED) is 0.101. The first-order valence-corrected chi connectivity index (χ1v) is 23.8. The molecule has 0 bridgehead atoms. The highest BCUT2D eigenvalue weighted by Crippen LogP contribution is 2.49. The maximum atomic E-state index is 14.9. The zero-order valence-electron chi connectivity index (χ0n) is 39.2. The number of rotatable bonds is 10. The SMILES string of the molecule is N#Cc1ccc(N(c2cc(-c3cccc(F)c3)cc(-c3cccc(F)c3)c2)c2ccc3ccc4c(N(c5ccc(C#N)cc5)c5cc(-c6cccc(F)c6)cc(-c6cccc(F)c6)c5)ccc5ccc2c3c54)cc1. The molecule has 4 nitrogen and oxygen atoms in total. The van der Waals surface area contributed by atoms with E-state index in [4.69, 9.17) is 0 Å². The van der Waals surface area contributed by atoms with E-state index in [1.807, 2.05) is 84.9 Å². The summed E-state index contributed by atoms with van der Waals surface area (Å²) >= 11 is 0. The number of hydrogen-bond donors (Lipinski definition) is 0. The molecule has 350 valence electrons. The molecule has 0 radical (unpaired) electrons. The van der Waals surface area contributed by atoms with Gasteiger partial charge in [-0.15, -0.1) is 0 Å². The van der Waals surface area contributed by atoms with Gasteiger partial charge in [0, 0.05) is 33.5 Å². The molecule has 0 saturated heterocycles. The van der Waals surface area contributed by atoms with Crippen molar-refractivity contribution in [1.29, 1.82) is 10.5 Å². The molecule has 8 heteroatoms. The zero-order chi connectivity index (χ0) is 50.5. The molecule has 0 unspecified atom stereocenters. The highest BCUT2D eigenvalue weighted by atomic mass is 19.1. The van der Waals surface area contributed by atoms with Crippen molar-refractivity contribution in [3.63, 3.8) is 0 Å². The average Bonchev–Trinajstić information content (AvgIpc) is 3.43. The normalized spacial score (nSPS) is 11.2. The Hall–Kier alpha value is -10.0. The van der Waals surface area contributed by atoms with Crippen LogP contribution in [0.15, 0.2) is 231 Å². The van der Waals surface area contributed by atoms with Crippen LogP contribution >= 0.6 is 0 Å². The fourth-order valence-corrected chi connectivity index (χ4v) is 10.2. The number of nitrogens with zero attached hydrogens (tertiary/aromatic N) is 4. The van der Waals surface area contributed by atoms with E-state index in [9.17, 15) is 28.1 Å². The second-order valence-electron chi connectivity index (χ2n) is 18.2. The second-order valence-corrected chi connectivity index (χ2v) is 18.2. The minimum absolute atomic E-state index is 0.389. The van der Waals surface area contributed by atoms with Crippen LogP contribution in [0.2, 0.25) is 0 Å². The van der Waals surface area contributed by atoms with Crippen LogP contribution in [0.4, 0.5) is 51.7 Å². The number of halogens is 4. The summed E-state index contributed by atoms with van der Waals surface area (Å²) in [7, 11) is 0. The van der Waals surface area contributed by atoms with E-state index < -0.39 is 0 Å². The third kappa shape index (κ3) is 8.37. The van der Waals surface area contributed by atoms with E-state index in [1.54, 1.807) is 48.5 Å². The molecule has 0 atom stereocenters. The molecule has 12 rings (SSSR count). The molecule has 0 amide bonds. The van der Waals surface area contributed by atoms with Crippen molar-refractivity contribution in [2.75, 3.05) is 9.80 Å². The summed E-state index contributed by atoms with van der Waals surface area (Å²) in [5, 5.41) is 25.5. The molecule has 74 heavy (non-hydrogen) atoms. The number of anilines is 6. The lowest BCUT2D eigenvalue weighted by Gasteiger charge is -2.30. The highest BCUT2D eigenvalue weighted by Gasteiger charge is 2.24. The van der Waals surface area contributed by atoms with Crippen molar-refractivity contribution < 1.29 is 17.6 Å². The monoisotopic (exact) mass is 962 g/mol. The van der Waals surface area contributed by atoms with Crippen molar-refractivity contribution in [1.82, 2.24) is 0 Å². The Morgan fingerprint density at radius 3 is 0.892 bits per heavy atom. The molecule has 0 aliphatic rings. The molecule has 0 aromatic heterocycles. The predicted molar refractivity (Wildman–Crippen MR) is 291 cm³/mol. The summed E-state index contributed by atoms with van der Waals surface area (Å²) in [4.78, 5) is 4.24. The largest absolute Gasteiger partial charge is 0.310 e. The first-order valence-electron chi connectivity index (χ1n) is 23.8. The van der Waals surface area contributed by atoms with Crippen LogP contribution in [0.3, 0.4) is 0 Å². The predicted octanol–water partition coefficient (Wildman–Crippen LogP) is 18.5. The Kier molecular flexibility index (Phi) is 11.4. The molecular weight excluding hydrogens is 925 g/mol. The maximum Gasteiger partial charge on any atom is 0.123 e. The average molecular weight is 963 g/mol. The first-order chi connectivity index (χ1) is 36.2. The van der Waals surface area contributed by atoms with Crippen LogP contribution in [0.25, 0.3) is 76.8 Å². The fourth-order valence-electron chi connectivity index (χ4n) is 10.2. The van der Waals surface area contributed by atoms with Crippen LogP contribution in [0, 0.1) is 45.9 Å². The van der Waals surface area contributed by atoms with Gasteiger partial charge in [-0.2, -0.15) is 10.5 Å². The van der Waals surface area contributed by atoms with E-state index in [2.05, 4.69) is 70.5 Å². The topological polar surface area (TPSA) is 54.1 Å². The third-order valence-corrected chi connectivity index (χ3v) is 13.6. The Labute approximate surface area is 424 Å². The molecule has 12 aromatic rings. The van der Waals surface area contributed by atoms with E-state index in [0.29, 0.717) is 67.0 Å². The van der Waals surface area contributed by atoms with E-state index in [1.165, 1.54) is 48.5 Å². The Morgan fingerprint density at radius 1 is 0.284 bits per heavy atom. The highest BCUT2D eigenvalue weighted by molar-refractivity contribution is 6.28. The van der Waals surface area contributed by atoms with Gasteiger partial charge in [0.05, 0.1) is 34.6 Å². The molecule has 0 heterocycles. The van der Waals surface area contributed by atoms with E-state index >= 15 is 0 Å². The Bertz CT molecular complexity index is 3830. The molecule has 12 aromatic carbocycles. The van der Waals surface area contributed by atoms with Crippen LogP contribution in [-0.4, -0.2) is 0 Å². The van der Waals surface area contributed by atoms with Gasteiger partial charge in [0.2, 0.25) is 0 Å². The van der Waals surface area contributed by atoms with Gasteiger partial charge in [0.1, 0.15) is 23.3 Å². The van der Waals surface area contributed by atoms with Gasteiger partial charge in [-0.25, -0.2) is 17.6 Å². The van der Waals surface area contributed by atoms with Gasteiger partial charge in [0.25, 0.3) is 0 Å². The molecule has 0 fully saturated rings. The lowest BCUT2D eigenvalue weighted by Crippen LogP contribution is -2.12. The number of hydrogen-bond acceptors (Lipinski definition) is 4. The number of benzene rings is 12. The van der Waals surface area contributed by atoms with Crippen LogP contribution in [0.1, 0.15) is 11.1 Å². The second kappa shape index (κ2) is 18.6. The van der Waals surface area contributed by atoms with Gasteiger partial charge in [-0.1, -0.05) is 84.9 Å². The van der Waals surface area contributed by atoms with Gasteiger partial charge in [-0.05, 0) is 212 Å². The Balaban J connectivity index is 1.11. The van der Waals surface area contributed by atoms with Crippen molar-refractivity contribution in [3.05, 3.63) is 265 Å². The standard InChI is InChI=1S/C66H38F4N4/c67-53-9-1-5-45(31-53)49-29-50(46-6-2-10-54(68)32-46)36-59(35-49)73(57-21-13-41(39-71)14-22-57)63-27-19-43-18-26-62-64(28-20-44-17-25-61(63)65(43)66(44)62)74(58-23-15-42(40-72)16-24-58)60-37-51(47-7-3-11-55(69)33-47)30-52(38-60)48-8-4-12-56(70)34-48/h1-38H. The number of nitriles is 2. The molecule has 0 aliphatic heterocycles. The summed E-state index contributed by atoms with van der Waals surface area (Å²) in [5.74, 6) is -1.56. The van der Waals surface area contributed by atoms with Crippen molar-refractivity contribution in [2.24, 2.45) is 0 Å². The third-order valence-electron chi connectivity index (χ3n) is 13.6. The van der Waals surface area contributed by atoms with E-state index in [-0.39, 0.29) is 23.3 Å². The molecule has 0 N–H and O–H groups in total. The van der Waals surface area contributed by atoms with Gasteiger partial charge in [-0.3, -0.25) is 0 Å². The maximum absolute atomic E-state index is 14.9.